The molecule has 104 valence electrons. The Hall–Kier alpha value is -1.27. The summed E-state index contributed by atoms with van der Waals surface area (Å²) in [6, 6.07) is 1.55. The number of aryl methyl sites for hydroxylation is 1. The Morgan fingerprint density at radius 3 is 2.68 bits per heavy atom. The quantitative estimate of drug-likeness (QED) is 0.680. The van der Waals surface area contributed by atoms with Gasteiger partial charge in [0, 0.05) is 12.5 Å². The number of hydrogen-bond donors (Lipinski definition) is 1. The Morgan fingerprint density at radius 2 is 2.21 bits per heavy atom. The van der Waals surface area contributed by atoms with Crippen LogP contribution in [0, 0.1) is 12.3 Å². The Morgan fingerprint density at radius 1 is 1.58 bits per heavy atom. The number of anilines is 1. The second kappa shape index (κ2) is 4.68. The molecule has 0 saturated heterocycles. The zero-order valence-electron chi connectivity index (χ0n) is 10.3. The number of halogens is 2. The fraction of sp³-hybridized carbons (Fsp3) is 0.545. The zero-order chi connectivity index (χ0) is 14.3. The van der Waals surface area contributed by atoms with Gasteiger partial charge in [-0.1, -0.05) is 5.16 Å². The van der Waals surface area contributed by atoms with E-state index in [0.29, 0.717) is 12.2 Å². The van der Waals surface area contributed by atoms with Gasteiger partial charge in [-0.2, -0.15) is 0 Å². The van der Waals surface area contributed by atoms with Crippen LogP contribution in [0.2, 0.25) is 0 Å². The van der Waals surface area contributed by atoms with Crippen molar-refractivity contribution < 1.29 is 18.8 Å². The van der Waals surface area contributed by atoms with Crippen molar-refractivity contribution in [2.75, 3.05) is 11.9 Å². The van der Waals surface area contributed by atoms with Crippen molar-refractivity contribution in [2.24, 2.45) is 5.41 Å². The number of rotatable bonds is 4. The van der Waals surface area contributed by atoms with E-state index in [1.165, 1.54) is 0 Å². The van der Waals surface area contributed by atoms with E-state index < -0.39 is 28.2 Å². The van der Waals surface area contributed by atoms with Gasteiger partial charge in [0.1, 0.15) is 15.5 Å². The lowest BCUT2D eigenvalue weighted by atomic mass is 10.1. The molecule has 6 nitrogen and oxygen atoms in total. The predicted molar refractivity (Wildman–Crippen MR) is 68.0 cm³/mol. The van der Waals surface area contributed by atoms with Crippen LogP contribution in [-0.2, 0) is 14.3 Å². The number of carbonyl (C=O) groups is 2. The van der Waals surface area contributed by atoms with Crippen LogP contribution in [0.25, 0.3) is 0 Å². The first-order valence-corrected chi connectivity index (χ1v) is 6.28. The van der Waals surface area contributed by atoms with Gasteiger partial charge in [0.05, 0.1) is 0 Å². The lowest BCUT2D eigenvalue weighted by Gasteiger charge is -2.11. The van der Waals surface area contributed by atoms with Crippen molar-refractivity contribution in [1.29, 1.82) is 0 Å². The molecule has 0 aromatic carbocycles. The molecule has 1 heterocycles. The van der Waals surface area contributed by atoms with Crippen LogP contribution >= 0.6 is 23.2 Å². The molecule has 1 saturated carbocycles. The average Bonchev–Trinajstić information content (AvgIpc) is 2.65. The topological polar surface area (TPSA) is 81.4 Å². The van der Waals surface area contributed by atoms with Crippen molar-refractivity contribution in [2.45, 2.75) is 24.6 Å². The van der Waals surface area contributed by atoms with Crippen LogP contribution in [0.4, 0.5) is 5.82 Å². The highest BCUT2D eigenvalue weighted by Gasteiger charge is 2.69. The zero-order valence-corrected chi connectivity index (χ0v) is 11.8. The molecule has 1 amide bonds. The van der Waals surface area contributed by atoms with Gasteiger partial charge in [-0.3, -0.25) is 9.59 Å². The van der Waals surface area contributed by atoms with E-state index in [9.17, 15) is 9.59 Å². The number of amides is 1. The molecule has 0 radical (unpaired) electrons. The molecule has 0 aliphatic heterocycles. The molecule has 19 heavy (non-hydrogen) atoms. The second-order valence-electron chi connectivity index (χ2n) is 4.66. The second-order valence-corrected chi connectivity index (χ2v) is 6.14. The number of hydrogen-bond acceptors (Lipinski definition) is 5. The third-order valence-corrected chi connectivity index (χ3v) is 4.04. The molecule has 1 aliphatic rings. The molecular formula is C11H12Cl2N2O4. The molecular weight excluding hydrogens is 295 g/mol. The third-order valence-electron chi connectivity index (χ3n) is 2.94. The first-order valence-electron chi connectivity index (χ1n) is 5.53. The maximum Gasteiger partial charge on any atom is 0.315 e. The van der Waals surface area contributed by atoms with Gasteiger partial charge in [0.25, 0.3) is 5.91 Å². The van der Waals surface area contributed by atoms with E-state index >= 15 is 0 Å². The summed E-state index contributed by atoms with van der Waals surface area (Å²) in [7, 11) is 0. The van der Waals surface area contributed by atoms with Crippen molar-refractivity contribution in [3.63, 3.8) is 0 Å². The highest BCUT2D eigenvalue weighted by Crippen LogP contribution is 2.64. The Kier molecular flexibility index (Phi) is 3.49. The molecule has 2 rings (SSSR count). The van der Waals surface area contributed by atoms with E-state index in [0.717, 1.165) is 0 Å². The maximum absolute atomic E-state index is 11.7. The number of nitrogens with one attached hydrogen (secondary N) is 1. The Labute approximate surface area is 119 Å². The van der Waals surface area contributed by atoms with Crippen LogP contribution in [0.1, 0.15) is 19.1 Å². The average molecular weight is 307 g/mol. The first-order chi connectivity index (χ1) is 8.74. The molecule has 1 N–H and O–H groups in total. The predicted octanol–water partition coefficient (Wildman–Crippen LogP) is 2.05. The standard InChI is InChI=1S/C11H12Cl2N2O4/c1-6-3-7(15-19-6)14-8(16)4-18-9(17)10(2)5-11(10,12)13/h3H,4-5H2,1-2H3,(H,14,15,16). The van der Waals surface area contributed by atoms with Crippen LogP contribution in [0.3, 0.4) is 0 Å². The van der Waals surface area contributed by atoms with Gasteiger partial charge >= 0.3 is 5.97 Å². The largest absolute Gasteiger partial charge is 0.455 e. The van der Waals surface area contributed by atoms with Gasteiger partial charge in [-0.25, -0.2) is 0 Å². The summed E-state index contributed by atoms with van der Waals surface area (Å²) in [4.78, 5) is 23.2. The summed E-state index contributed by atoms with van der Waals surface area (Å²) in [6.45, 7) is 2.86. The third kappa shape index (κ3) is 2.84. The van der Waals surface area contributed by atoms with Crippen molar-refractivity contribution in [3.05, 3.63) is 11.8 Å². The summed E-state index contributed by atoms with van der Waals surface area (Å²) in [6.07, 6.45) is 0.312. The monoisotopic (exact) mass is 306 g/mol. The number of aromatic nitrogens is 1. The van der Waals surface area contributed by atoms with Gasteiger partial charge in [0.2, 0.25) is 0 Å². The highest BCUT2D eigenvalue weighted by atomic mass is 35.5. The number of esters is 1. The van der Waals surface area contributed by atoms with Crippen LogP contribution in [0.5, 0.6) is 0 Å². The fourth-order valence-corrected chi connectivity index (χ4v) is 2.20. The van der Waals surface area contributed by atoms with Gasteiger partial charge < -0.3 is 14.6 Å². The molecule has 1 aliphatic carbocycles. The Balaban J connectivity index is 1.80. The molecule has 8 heteroatoms. The Bertz CT molecular complexity index is 529. The summed E-state index contributed by atoms with van der Waals surface area (Å²) in [5, 5.41) is 6.00. The van der Waals surface area contributed by atoms with Crippen molar-refractivity contribution in [3.8, 4) is 0 Å². The number of alkyl halides is 2. The maximum atomic E-state index is 11.7. The highest BCUT2D eigenvalue weighted by molar-refractivity contribution is 6.53. The number of nitrogens with zero attached hydrogens (tertiary/aromatic N) is 1. The normalized spacial score (nSPS) is 23.8. The van der Waals surface area contributed by atoms with Crippen molar-refractivity contribution >= 4 is 40.9 Å². The summed E-state index contributed by atoms with van der Waals surface area (Å²) >= 11 is 11.7. The van der Waals surface area contributed by atoms with Crippen molar-refractivity contribution in [1.82, 2.24) is 5.16 Å². The van der Waals surface area contributed by atoms with E-state index in [4.69, 9.17) is 32.5 Å². The van der Waals surface area contributed by atoms with Crippen LogP contribution < -0.4 is 5.32 Å². The molecule has 1 unspecified atom stereocenters. The first kappa shape index (κ1) is 14.1. The van der Waals surface area contributed by atoms with E-state index in [1.807, 2.05) is 0 Å². The molecule has 1 aromatic rings. The molecule has 0 spiro atoms. The molecule has 1 atom stereocenters. The number of ether oxygens (including phenoxy) is 1. The minimum Gasteiger partial charge on any atom is -0.455 e. The summed E-state index contributed by atoms with van der Waals surface area (Å²) in [5.41, 5.74) is -0.944. The van der Waals surface area contributed by atoms with Crippen LogP contribution in [0.15, 0.2) is 10.6 Å². The molecule has 1 fully saturated rings. The lowest BCUT2D eigenvalue weighted by molar-refractivity contribution is -0.152. The van der Waals surface area contributed by atoms with Gasteiger partial charge in [-0.05, 0) is 13.8 Å². The lowest BCUT2D eigenvalue weighted by Crippen LogP contribution is -2.26. The van der Waals surface area contributed by atoms with Crippen LogP contribution in [-0.4, -0.2) is 28.0 Å². The minimum absolute atomic E-state index is 0.264. The fourth-order valence-electron chi connectivity index (χ4n) is 1.52. The summed E-state index contributed by atoms with van der Waals surface area (Å²) < 4.78 is 8.53. The van der Waals surface area contributed by atoms with E-state index in [2.05, 4.69) is 10.5 Å². The molecule has 1 aromatic heterocycles. The van der Waals surface area contributed by atoms with E-state index in [1.54, 1.807) is 19.9 Å². The SMILES string of the molecule is Cc1cc(NC(=O)COC(=O)C2(C)CC2(Cl)Cl)no1. The summed E-state index contributed by atoms with van der Waals surface area (Å²) in [5.74, 6) is -0.281. The molecule has 0 bridgehead atoms. The smallest absolute Gasteiger partial charge is 0.315 e. The van der Waals surface area contributed by atoms with Gasteiger partial charge in [-0.15, -0.1) is 23.2 Å². The van der Waals surface area contributed by atoms with E-state index in [-0.39, 0.29) is 5.82 Å². The van der Waals surface area contributed by atoms with Gasteiger partial charge in [0.15, 0.2) is 12.4 Å². The number of carbonyl (C=O) groups excluding carboxylic acids is 2. The minimum atomic E-state index is -1.11.